The van der Waals surface area contributed by atoms with Crippen molar-refractivity contribution < 1.29 is 19.3 Å². The maximum atomic E-state index is 9.56. The first-order valence-electron chi connectivity index (χ1n) is 7.90. The Kier molecular flexibility index (Phi) is 6.85. The Morgan fingerprint density at radius 3 is 2.57 bits per heavy atom. The minimum absolute atomic E-state index is 0.149. The summed E-state index contributed by atoms with van der Waals surface area (Å²) in [5.41, 5.74) is -0.691. The van der Waals surface area contributed by atoms with Crippen molar-refractivity contribution in [2.75, 3.05) is 13.2 Å². The van der Waals surface area contributed by atoms with Crippen molar-refractivity contribution in [2.24, 2.45) is 5.92 Å². The van der Waals surface area contributed by atoms with Gasteiger partial charge in [-0.05, 0) is 46.6 Å². The molecule has 1 heterocycles. The molecule has 1 N–H and O–H groups in total. The van der Waals surface area contributed by atoms with E-state index in [1.54, 1.807) is 0 Å². The molecule has 0 spiro atoms. The van der Waals surface area contributed by atoms with Gasteiger partial charge in [-0.25, -0.2) is 0 Å². The number of rotatable bonds is 9. The average molecular weight is 300 g/mol. The topological polar surface area (TPSA) is 47.9 Å². The SMILES string of the molecule is C=CC(O)OC(C)(C)C(C)COC(C)(C)CC1CCCO1. The second kappa shape index (κ2) is 7.73. The monoisotopic (exact) mass is 300 g/mol. The third kappa shape index (κ3) is 6.47. The van der Waals surface area contributed by atoms with Crippen LogP contribution in [0, 0.1) is 5.92 Å². The number of hydrogen-bond donors (Lipinski definition) is 1. The molecule has 0 amide bonds. The van der Waals surface area contributed by atoms with E-state index in [1.807, 2.05) is 13.8 Å². The van der Waals surface area contributed by atoms with Crippen LogP contribution in [0.15, 0.2) is 12.7 Å². The molecule has 0 radical (unpaired) electrons. The van der Waals surface area contributed by atoms with Crippen LogP contribution in [0.4, 0.5) is 0 Å². The molecule has 0 saturated carbocycles. The number of ether oxygens (including phenoxy) is 3. The Balaban J connectivity index is 2.42. The van der Waals surface area contributed by atoms with Gasteiger partial charge in [-0.1, -0.05) is 13.5 Å². The van der Waals surface area contributed by atoms with Crippen molar-refractivity contribution in [1.82, 2.24) is 0 Å². The number of hydrogen-bond acceptors (Lipinski definition) is 4. The van der Waals surface area contributed by atoms with Gasteiger partial charge in [0.05, 0.1) is 23.9 Å². The molecule has 0 aliphatic carbocycles. The largest absolute Gasteiger partial charge is 0.378 e. The summed E-state index contributed by atoms with van der Waals surface area (Å²) < 4.78 is 17.3. The molecule has 4 nitrogen and oxygen atoms in total. The highest BCUT2D eigenvalue weighted by atomic mass is 16.6. The van der Waals surface area contributed by atoms with Crippen LogP contribution < -0.4 is 0 Å². The zero-order chi connectivity index (χ0) is 16.1. The van der Waals surface area contributed by atoms with Crippen LogP contribution in [-0.4, -0.2) is 41.9 Å². The van der Waals surface area contributed by atoms with Gasteiger partial charge in [0.15, 0.2) is 6.29 Å². The molecule has 1 fully saturated rings. The number of aliphatic hydroxyl groups excluding tert-OH is 1. The maximum Gasteiger partial charge on any atom is 0.174 e. The summed E-state index contributed by atoms with van der Waals surface area (Å²) in [5, 5.41) is 9.56. The second-order valence-corrected chi connectivity index (χ2v) is 7.16. The normalized spacial score (nSPS) is 23.0. The average Bonchev–Trinajstić information content (AvgIpc) is 2.87. The van der Waals surface area contributed by atoms with Crippen molar-refractivity contribution in [2.45, 2.75) is 77.5 Å². The Hall–Kier alpha value is -0.420. The highest BCUT2D eigenvalue weighted by Gasteiger charge is 2.32. The van der Waals surface area contributed by atoms with Gasteiger partial charge < -0.3 is 19.3 Å². The molecule has 124 valence electrons. The van der Waals surface area contributed by atoms with E-state index < -0.39 is 11.9 Å². The molecule has 1 aliphatic heterocycles. The molecular formula is C17H32O4. The molecule has 1 rings (SSSR count). The Labute approximate surface area is 129 Å². The zero-order valence-corrected chi connectivity index (χ0v) is 14.2. The van der Waals surface area contributed by atoms with Gasteiger partial charge in [0.1, 0.15) is 0 Å². The summed E-state index contributed by atoms with van der Waals surface area (Å²) in [6.45, 7) is 15.2. The predicted octanol–water partition coefficient (Wildman–Crippen LogP) is 3.29. The lowest BCUT2D eigenvalue weighted by Crippen LogP contribution is -2.41. The van der Waals surface area contributed by atoms with E-state index in [1.165, 1.54) is 6.08 Å². The minimum Gasteiger partial charge on any atom is -0.378 e. The highest BCUT2D eigenvalue weighted by Crippen LogP contribution is 2.28. The molecule has 3 atom stereocenters. The van der Waals surface area contributed by atoms with Crippen molar-refractivity contribution >= 4 is 0 Å². The Morgan fingerprint density at radius 2 is 2.05 bits per heavy atom. The summed E-state index contributed by atoms with van der Waals surface area (Å²) >= 11 is 0. The third-order valence-corrected chi connectivity index (χ3v) is 4.28. The maximum absolute atomic E-state index is 9.56. The van der Waals surface area contributed by atoms with Crippen molar-refractivity contribution in [1.29, 1.82) is 0 Å². The molecule has 1 aliphatic rings. The second-order valence-electron chi connectivity index (χ2n) is 7.16. The third-order valence-electron chi connectivity index (χ3n) is 4.28. The van der Waals surface area contributed by atoms with Crippen LogP contribution in [-0.2, 0) is 14.2 Å². The highest BCUT2D eigenvalue weighted by molar-refractivity contribution is 4.83. The van der Waals surface area contributed by atoms with E-state index in [0.29, 0.717) is 12.7 Å². The van der Waals surface area contributed by atoms with Crippen molar-refractivity contribution in [3.63, 3.8) is 0 Å². The lowest BCUT2D eigenvalue weighted by Gasteiger charge is -2.36. The first kappa shape index (κ1) is 18.6. The van der Waals surface area contributed by atoms with Gasteiger partial charge in [-0.2, -0.15) is 0 Å². The minimum atomic E-state index is -0.942. The van der Waals surface area contributed by atoms with E-state index in [0.717, 1.165) is 25.9 Å². The summed E-state index contributed by atoms with van der Waals surface area (Å²) in [6, 6.07) is 0. The van der Waals surface area contributed by atoms with Gasteiger partial charge in [0, 0.05) is 18.9 Å². The lowest BCUT2D eigenvalue weighted by molar-refractivity contribution is -0.181. The summed E-state index contributed by atoms with van der Waals surface area (Å²) in [5.74, 6) is 0.149. The van der Waals surface area contributed by atoms with Crippen LogP contribution >= 0.6 is 0 Å². The van der Waals surface area contributed by atoms with Crippen LogP contribution in [0.1, 0.15) is 53.9 Å². The standard InChI is InChI=1S/C17H32O4/c1-7-15(18)21-17(5,6)13(2)12-20-16(3,4)11-14-9-8-10-19-14/h7,13-15,18H,1,8-12H2,2-6H3. The molecule has 3 unspecified atom stereocenters. The fourth-order valence-corrected chi connectivity index (χ4v) is 2.44. The van der Waals surface area contributed by atoms with E-state index in [4.69, 9.17) is 14.2 Å². The van der Waals surface area contributed by atoms with Crippen molar-refractivity contribution in [3.8, 4) is 0 Å². The van der Waals surface area contributed by atoms with Crippen LogP contribution in [0.25, 0.3) is 0 Å². The molecular weight excluding hydrogens is 268 g/mol. The van der Waals surface area contributed by atoms with Gasteiger partial charge in [0.25, 0.3) is 0 Å². The lowest BCUT2D eigenvalue weighted by atomic mass is 9.92. The van der Waals surface area contributed by atoms with Crippen LogP contribution in [0.3, 0.4) is 0 Å². The molecule has 0 aromatic carbocycles. The fourth-order valence-electron chi connectivity index (χ4n) is 2.44. The quantitative estimate of drug-likeness (QED) is 0.524. The van der Waals surface area contributed by atoms with Gasteiger partial charge in [-0.15, -0.1) is 0 Å². The van der Waals surface area contributed by atoms with Gasteiger partial charge in [0.2, 0.25) is 0 Å². The molecule has 0 aromatic heterocycles. The molecule has 21 heavy (non-hydrogen) atoms. The van der Waals surface area contributed by atoms with E-state index in [-0.39, 0.29) is 11.5 Å². The van der Waals surface area contributed by atoms with Gasteiger partial charge in [-0.3, -0.25) is 0 Å². The first-order valence-corrected chi connectivity index (χ1v) is 7.90. The molecule has 0 bridgehead atoms. The zero-order valence-electron chi connectivity index (χ0n) is 14.2. The molecule has 1 saturated heterocycles. The molecule has 4 heteroatoms. The number of aliphatic hydroxyl groups is 1. The van der Waals surface area contributed by atoms with Crippen LogP contribution in [0.5, 0.6) is 0 Å². The Bertz CT molecular complexity index is 319. The van der Waals surface area contributed by atoms with E-state index >= 15 is 0 Å². The summed E-state index contributed by atoms with van der Waals surface area (Å²) in [7, 11) is 0. The first-order chi connectivity index (χ1) is 9.66. The summed E-state index contributed by atoms with van der Waals surface area (Å²) in [6.07, 6.45) is 3.96. The van der Waals surface area contributed by atoms with Crippen LogP contribution in [0.2, 0.25) is 0 Å². The fraction of sp³-hybridized carbons (Fsp3) is 0.882. The predicted molar refractivity (Wildman–Crippen MR) is 84.2 cm³/mol. The van der Waals surface area contributed by atoms with E-state index in [9.17, 15) is 5.11 Å². The van der Waals surface area contributed by atoms with E-state index in [2.05, 4.69) is 27.4 Å². The van der Waals surface area contributed by atoms with Gasteiger partial charge >= 0.3 is 0 Å². The smallest absolute Gasteiger partial charge is 0.174 e. The summed E-state index contributed by atoms with van der Waals surface area (Å²) in [4.78, 5) is 0. The Morgan fingerprint density at radius 1 is 1.38 bits per heavy atom. The van der Waals surface area contributed by atoms with Crippen molar-refractivity contribution in [3.05, 3.63) is 12.7 Å². The molecule has 0 aromatic rings.